The van der Waals surface area contributed by atoms with Crippen LogP contribution in [0.15, 0.2) is 48.5 Å². The van der Waals surface area contributed by atoms with Crippen molar-refractivity contribution in [3.8, 4) is 11.5 Å². The minimum absolute atomic E-state index is 0.107. The summed E-state index contributed by atoms with van der Waals surface area (Å²) in [6.07, 6.45) is 4.75. The Morgan fingerprint density at radius 3 is 2.47 bits per heavy atom. The lowest BCUT2D eigenvalue weighted by molar-refractivity contribution is -0.143. The van der Waals surface area contributed by atoms with Crippen LogP contribution in [0.5, 0.6) is 11.5 Å². The van der Waals surface area contributed by atoms with Gasteiger partial charge in [-0.1, -0.05) is 49.6 Å². The molecule has 0 spiro atoms. The Balaban J connectivity index is 1.75. The molecular weight excluding hydrogens is 428 g/mol. The highest BCUT2D eigenvalue weighted by molar-refractivity contribution is 6.30. The second-order valence-corrected chi connectivity index (χ2v) is 8.47. The molecule has 1 atom stereocenters. The first-order chi connectivity index (χ1) is 15.5. The average Bonchev–Trinajstić information content (AvgIpc) is 3.31. The van der Waals surface area contributed by atoms with Crippen molar-refractivity contribution in [2.45, 2.75) is 57.7 Å². The second kappa shape index (κ2) is 11.8. The zero-order valence-corrected chi connectivity index (χ0v) is 19.4. The molecule has 1 fully saturated rings. The lowest BCUT2D eigenvalue weighted by Gasteiger charge is -2.31. The zero-order chi connectivity index (χ0) is 22.9. The van der Waals surface area contributed by atoms with E-state index in [1.165, 1.54) is 0 Å². The maximum absolute atomic E-state index is 13.2. The van der Waals surface area contributed by atoms with Crippen molar-refractivity contribution in [2.24, 2.45) is 0 Å². The van der Waals surface area contributed by atoms with E-state index in [-0.39, 0.29) is 24.5 Å². The molecule has 0 bridgehead atoms. The zero-order valence-electron chi connectivity index (χ0n) is 18.7. The van der Waals surface area contributed by atoms with Crippen molar-refractivity contribution in [3.63, 3.8) is 0 Å². The minimum Gasteiger partial charge on any atom is -0.497 e. The number of benzene rings is 2. The Bertz CT molecular complexity index is 897. The number of halogens is 1. The van der Waals surface area contributed by atoms with Crippen LogP contribution in [0.3, 0.4) is 0 Å². The van der Waals surface area contributed by atoms with Gasteiger partial charge in [0.1, 0.15) is 17.5 Å². The molecule has 1 N–H and O–H groups in total. The Morgan fingerprint density at radius 2 is 1.84 bits per heavy atom. The van der Waals surface area contributed by atoms with Crippen LogP contribution in [0, 0.1) is 0 Å². The highest BCUT2D eigenvalue weighted by Gasteiger charge is 2.30. The standard InChI is InChI=1S/C25H31ClN2O4/c1-3-23(25(30)27-20-8-4-5-9-20)28(16-18-11-13-21(31-2)14-12-18)24(29)17-32-22-10-6-7-19(26)15-22/h6-7,10-15,20,23H,3-5,8-9,16-17H2,1-2H3,(H,27,30). The molecule has 1 aliphatic rings. The molecule has 2 aromatic carbocycles. The summed E-state index contributed by atoms with van der Waals surface area (Å²) in [5.41, 5.74) is 0.911. The van der Waals surface area contributed by atoms with Gasteiger partial charge in [0.15, 0.2) is 6.61 Å². The van der Waals surface area contributed by atoms with Crippen LogP contribution in [0.25, 0.3) is 0 Å². The monoisotopic (exact) mass is 458 g/mol. The summed E-state index contributed by atoms with van der Waals surface area (Å²) in [6, 6.07) is 14.0. The smallest absolute Gasteiger partial charge is 0.261 e. The summed E-state index contributed by atoms with van der Waals surface area (Å²) in [5.74, 6) is 0.888. The maximum Gasteiger partial charge on any atom is 0.261 e. The summed E-state index contributed by atoms with van der Waals surface area (Å²) in [4.78, 5) is 27.9. The van der Waals surface area contributed by atoms with Crippen LogP contribution in [0.2, 0.25) is 5.02 Å². The third kappa shape index (κ3) is 6.63. The molecule has 1 saturated carbocycles. The Hall–Kier alpha value is -2.73. The molecule has 2 amide bonds. The molecule has 32 heavy (non-hydrogen) atoms. The number of amides is 2. The number of ether oxygens (including phenoxy) is 2. The molecule has 0 heterocycles. The molecule has 2 aromatic rings. The summed E-state index contributed by atoms with van der Waals surface area (Å²) in [7, 11) is 1.61. The lowest BCUT2D eigenvalue weighted by atomic mass is 10.1. The maximum atomic E-state index is 13.2. The summed E-state index contributed by atoms with van der Waals surface area (Å²) < 4.78 is 10.9. The molecule has 7 heteroatoms. The topological polar surface area (TPSA) is 67.9 Å². The molecule has 0 saturated heterocycles. The van der Waals surface area contributed by atoms with Gasteiger partial charge in [0.05, 0.1) is 7.11 Å². The van der Waals surface area contributed by atoms with Crippen molar-refractivity contribution < 1.29 is 19.1 Å². The van der Waals surface area contributed by atoms with Crippen LogP contribution in [0.4, 0.5) is 0 Å². The molecule has 1 aliphatic carbocycles. The first kappa shape index (κ1) is 23.9. The molecule has 3 rings (SSSR count). The average molecular weight is 459 g/mol. The van der Waals surface area contributed by atoms with Crippen molar-refractivity contribution in [2.75, 3.05) is 13.7 Å². The summed E-state index contributed by atoms with van der Waals surface area (Å²) in [6.45, 7) is 2.05. The second-order valence-electron chi connectivity index (χ2n) is 8.03. The molecule has 0 radical (unpaired) electrons. The molecule has 0 aromatic heterocycles. The third-order valence-corrected chi connectivity index (χ3v) is 5.99. The Morgan fingerprint density at radius 1 is 1.12 bits per heavy atom. The summed E-state index contributed by atoms with van der Waals surface area (Å²) >= 11 is 6.01. The van der Waals surface area contributed by atoms with Crippen molar-refractivity contribution in [3.05, 3.63) is 59.1 Å². The number of carbonyl (C=O) groups is 2. The highest BCUT2D eigenvalue weighted by Crippen LogP contribution is 2.21. The number of hydrogen-bond acceptors (Lipinski definition) is 4. The van der Waals surface area contributed by atoms with Crippen LogP contribution in [-0.4, -0.2) is 42.5 Å². The predicted molar refractivity (Wildman–Crippen MR) is 125 cm³/mol. The van der Waals surface area contributed by atoms with Gasteiger partial charge in [0, 0.05) is 17.6 Å². The lowest BCUT2D eigenvalue weighted by Crippen LogP contribution is -2.52. The van der Waals surface area contributed by atoms with E-state index in [1.807, 2.05) is 31.2 Å². The van der Waals surface area contributed by atoms with Gasteiger partial charge in [0.2, 0.25) is 5.91 Å². The van der Waals surface area contributed by atoms with Gasteiger partial charge in [-0.3, -0.25) is 9.59 Å². The summed E-state index contributed by atoms with van der Waals surface area (Å²) in [5, 5.41) is 3.67. The molecular formula is C25H31ClN2O4. The van der Waals surface area contributed by atoms with Gasteiger partial charge in [-0.2, -0.15) is 0 Å². The number of rotatable bonds is 10. The molecule has 172 valence electrons. The Labute approximate surface area is 194 Å². The fraction of sp³-hybridized carbons (Fsp3) is 0.440. The fourth-order valence-electron chi connectivity index (χ4n) is 4.00. The predicted octanol–water partition coefficient (Wildman–Crippen LogP) is 4.59. The first-order valence-electron chi connectivity index (χ1n) is 11.1. The third-order valence-electron chi connectivity index (χ3n) is 5.76. The van der Waals surface area contributed by atoms with E-state index in [1.54, 1.807) is 36.3 Å². The highest BCUT2D eigenvalue weighted by atomic mass is 35.5. The normalized spacial score (nSPS) is 14.6. The van der Waals surface area contributed by atoms with Crippen LogP contribution in [0.1, 0.15) is 44.6 Å². The number of hydrogen-bond donors (Lipinski definition) is 1. The number of nitrogens with one attached hydrogen (secondary N) is 1. The van der Waals surface area contributed by atoms with Gasteiger partial charge in [0.25, 0.3) is 5.91 Å². The van der Waals surface area contributed by atoms with Crippen molar-refractivity contribution in [1.82, 2.24) is 10.2 Å². The van der Waals surface area contributed by atoms with Gasteiger partial charge in [-0.15, -0.1) is 0 Å². The fourth-order valence-corrected chi connectivity index (χ4v) is 4.18. The first-order valence-corrected chi connectivity index (χ1v) is 11.5. The van der Waals surface area contributed by atoms with E-state index < -0.39 is 6.04 Å². The van der Waals surface area contributed by atoms with E-state index in [0.29, 0.717) is 23.7 Å². The van der Waals surface area contributed by atoms with E-state index in [2.05, 4.69) is 5.32 Å². The van der Waals surface area contributed by atoms with Crippen LogP contribution < -0.4 is 14.8 Å². The van der Waals surface area contributed by atoms with Crippen LogP contribution in [-0.2, 0) is 16.1 Å². The molecule has 1 unspecified atom stereocenters. The number of nitrogens with zero attached hydrogens (tertiary/aromatic N) is 1. The Kier molecular flexibility index (Phi) is 8.80. The van der Waals surface area contributed by atoms with E-state index in [9.17, 15) is 9.59 Å². The van der Waals surface area contributed by atoms with Gasteiger partial charge >= 0.3 is 0 Å². The van der Waals surface area contributed by atoms with Gasteiger partial charge in [-0.05, 0) is 55.2 Å². The van der Waals surface area contributed by atoms with Crippen molar-refractivity contribution in [1.29, 1.82) is 0 Å². The van der Waals surface area contributed by atoms with Crippen LogP contribution >= 0.6 is 11.6 Å². The SMILES string of the molecule is CCC(C(=O)NC1CCCC1)N(Cc1ccc(OC)cc1)C(=O)COc1cccc(Cl)c1. The van der Waals surface area contributed by atoms with E-state index in [0.717, 1.165) is 37.0 Å². The van der Waals surface area contributed by atoms with E-state index in [4.69, 9.17) is 21.1 Å². The number of methoxy groups -OCH3 is 1. The molecule has 6 nitrogen and oxygen atoms in total. The quantitative estimate of drug-likeness (QED) is 0.565. The van der Waals surface area contributed by atoms with Crippen molar-refractivity contribution >= 4 is 23.4 Å². The van der Waals surface area contributed by atoms with Gasteiger partial charge in [-0.25, -0.2) is 0 Å². The van der Waals surface area contributed by atoms with Gasteiger partial charge < -0.3 is 19.7 Å². The largest absolute Gasteiger partial charge is 0.497 e. The molecule has 0 aliphatic heterocycles. The van der Waals surface area contributed by atoms with E-state index >= 15 is 0 Å². The minimum atomic E-state index is -0.576. The number of carbonyl (C=O) groups excluding carboxylic acids is 2.